The average Bonchev–Trinajstić information content (AvgIpc) is 2.95. The molecule has 3 rings (SSSR count). The van der Waals surface area contributed by atoms with Crippen LogP contribution in [0, 0.1) is 18.8 Å². The number of nitrogens with two attached hydrogens (primary N) is 1. The van der Waals surface area contributed by atoms with E-state index in [1.54, 1.807) is 0 Å². The molecule has 3 nitrogen and oxygen atoms in total. The van der Waals surface area contributed by atoms with Gasteiger partial charge in [0.05, 0.1) is 6.42 Å². The van der Waals surface area contributed by atoms with E-state index in [1.165, 1.54) is 12.0 Å². The molecule has 1 saturated heterocycles. The SMILES string of the molecule is Cc1ccccc1CC(=O)N1C[C@@H]2CC[C@H](N)[C@H]2C1. The van der Waals surface area contributed by atoms with Crippen LogP contribution in [0.25, 0.3) is 0 Å². The summed E-state index contributed by atoms with van der Waals surface area (Å²) in [6, 6.07) is 8.45. The molecule has 0 bridgehead atoms. The summed E-state index contributed by atoms with van der Waals surface area (Å²) in [4.78, 5) is 14.4. The van der Waals surface area contributed by atoms with Gasteiger partial charge in [-0.15, -0.1) is 0 Å². The average molecular weight is 258 g/mol. The molecule has 2 fully saturated rings. The standard InChI is InChI=1S/C16H22N2O/c1-11-4-2-3-5-12(11)8-16(19)18-9-13-6-7-15(17)14(13)10-18/h2-5,13-15H,6-10,17H2,1H3/t13-,14-,15-/m0/s1. The largest absolute Gasteiger partial charge is 0.342 e. The fourth-order valence-corrected chi connectivity index (χ4v) is 3.59. The van der Waals surface area contributed by atoms with E-state index >= 15 is 0 Å². The maximum absolute atomic E-state index is 12.4. The summed E-state index contributed by atoms with van der Waals surface area (Å²) in [5.74, 6) is 1.45. The van der Waals surface area contributed by atoms with Crippen molar-refractivity contribution in [3.63, 3.8) is 0 Å². The Kier molecular flexibility index (Phi) is 3.31. The Morgan fingerprint density at radius 3 is 2.84 bits per heavy atom. The summed E-state index contributed by atoms with van der Waals surface area (Å²) in [5.41, 5.74) is 8.47. The van der Waals surface area contributed by atoms with Crippen molar-refractivity contribution < 1.29 is 4.79 Å². The first-order chi connectivity index (χ1) is 9.15. The van der Waals surface area contributed by atoms with Crippen LogP contribution < -0.4 is 5.73 Å². The number of fused-ring (bicyclic) bond motifs is 1. The summed E-state index contributed by atoms with van der Waals surface area (Å²) in [6.45, 7) is 3.86. The summed E-state index contributed by atoms with van der Waals surface area (Å²) in [7, 11) is 0. The first kappa shape index (κ1) is 12.7. The molecule has 2 aliphatic rings. The number of amides is 1. The van der Waals surface area contributed by atoms with Gasteiger partial charge in [-0.25, -0.2) is 0 Å². The van der Waals surface area contributed by atoms with Crippen LogP contribution in [0.15, 0.2) is 24.3 Å². The smallest absolute Gasteiger partial charge is 0.227 e. The zero-order chi connectivity index (χ0) is 13.4. The summed E-state index contributed by atoms with van der Waals surface area (Å²) in [5, 5.41) is 0. The van der Waals surface area contributed by atoms with Gasteiger partial charge >= 0.3 is 0 Å². The molecule has 3 heteroatoms. The second-order valence-electron chi connectivity index (χ2n) is 6.07. The number of nitrogens with zero attached hydrogens (tertiary/aromatic N) is 1. The van der Waals surface area contributed by atoms with E-state index in [9.17, 15) is 4.79 Å². The second kappa shape index (κ2) is 4.97. The van der Waals surface area contributed by atoms with Crippen LogP contribution >= 0.6 is 0 Å². The number of carbonyl (C=O) groups excluding carboxylic acids is 1. The normalized spacial score (nSPS) is 29.6. The molecule has 0 spiro atoms. The van der Waals surface area contributed by atoms with Gasteiger partial charge in [-0.2, -0.15) is 0 Å². The molecule has 102 valence electrons. The van der Waals surface area contributed by atoms with Gasteiger partial charge in [0.1, 0.15) is 0 Å². The lowest BCUT2D eigenvalue weighted by atomic mass is 9.98. The number of hydrogen-bond donors (Lipinski definition) is 1. The van der Waals surface area contributed by atoms with Crippen molar-refractivity contribution in [1.82, 2.24) is 4.90 Å². The Labute approximate surface area is 114 Å². The Morgan fingerprint density at radius 1 is 1.32 bits per heavy atom. The van der Waals surface area contributed by atoms with Crippen LogP contribution in [-0.4, -0.2) is 29.9 Å². The maximum atomic E-state index is 12.4. The van der Waals surface area contributed by atoms with E-state index in [0.717, 1.165) is 25.1 Å². The highest BCUT2D eigenvalue weighted by atomic mass is 16.2. The van der Waals surface area contributed by atoms with Crippen molar-refractivity contribution in [3.8, 4) is 0 Å². The second-order valence-corrected chi connectivity index (χ2v) is 6.07. The maximum Gasteiger partial charge on any atom is 0.227 e. The molecule has 0 unspecified atom stereocenters. The fraction of sp³-hybridized carbons (Fsp3) is 0.562. The van der Waals surface area contributed by atoms with E-state index in [-0.39, 0.29) is 5.91 Å². The van der Waals surface area contributed by atoms with E-state index < -0.39 is 0 Å². The molecule has 2 N–H and O–H groups in total. The van der Waals surface area contributed by atoms with Crippen LogP contribution in [0.1, 0.15) is 24.0 Å². The third-order valence-corrected chi connectivity index (χ3v) is 4.87. The van der Waals surface area contributed by atoms with Gasteiger partial charge in [-0.1, -0.05) is 24.3 Å². The third kappa shape index (κ3) is 2.39. The predicted octanol–water partition coefficient (Wildman–Crippen LogP) is 1.73. The highest BCUT2D eigenvalue weighted by molar-refractivity contribution is 5.79. The molecular weight excluding hydrogens is 236 g/mol. The van der Waals surface area contributed by atoms with Crippen molar-refractivity contribution in [2.24, 2.45) is 17.6 Å². The molecule has 1 amide bonds. The van der Waals surface area contributed by atoms with Crippen molar-refractivity contribution >= 4 is 5.91 Å². The van der Waals surface area contributed by atoms with Crippen molar-refractivity contribution in [2.45, 2.75) is 32.2 Å². The van der Waals surface area contributed by atoms with Gasteiger partial charge in [-0.05, 0) is 42.7 Å². The molecule has 19 heavy (non-hydrogen) atoms. The zero-order valence-electron chi connectivity index (χ0n) is 11.5. The summed E-state index contributed by atoms with van der Waals surface area (Å²) < 4.78 is 0. The van der Waals surface area contributed by atoms with Crippen LogP contribution in [0.2, 0.25) is 0 Å². The van der Waals surface area contributed by atoms with Crippen LogP contribution in [0.4, 0.5) is 0 Å². The third-order valence-electron chi connectivity index (χ3n) is 4.87. The number of benzene rings is 1. The van der Waals surface area contributed by atoms with Gasteiger partial charge in [0.2, 0.25) is 5.91 Å². The quantitative estimate of drug-likeness (QED) is 0.878. The molecule has 3 atom stereocenters. The van der Waals surface area contributed by atoms with Gasteiger partial charge in [-0.3, -0.25) is 4.79 Å². The van der Waals surface area contributed by atoms with Gasteiger partial charge < -0.3 is 10.6 Å². The number of rotatable bonds is 2. The number of aryl methyl sites for hydroxylation is 1. The van der Waals surface area contributed by atoms with E-state index in [0.29, 0.717) is 24.3 Å². The molecule has 1 aliphatic carbocycles. The van der Waals surface area contributed by atoms with Gasteiger partial charge in [0.15, 0.2) is 0 Å². The van der Waals surface area contributed by atoms with E-state index in [2.05, 4.69) is 19.1 Å². The molecule has 0 aromatic heterocycles. The lowest BCUT2D eigenvalue weighted by Gasteiger charge is -2.19. The van der Waals surface area contributed by atoms with E-state index in [4.69, 9.17) is 5.73 Å². The van der Waals surface area contributed by atoms with Crippen LogP contribution in [-0.2, 0) is 11.2 Å². The van der Waals surface area contributed by atoms with Crippen LogP contribution in [0.3, 0.4) is 0 Å². The lowest BCUT2D eigenvalue weighted by Crippen LogP contribution is -2.34. The Balaban J connectivity index is 1.65. The number of hydrogen-bond acceptors (Lipinski definition) is 2. The lowest BCUT2D eigenvalue weighted by molar-refractivity contribution is -0.129. The van der Waals surface area contributed by atoms with Gasteiger partial charge in [0.25, 0.3) is 0 Å². The van der Waals surface area contributed by atoms with Crippen molar-refractivity contribution in [1.29, 1.82) is 0 Å². The molecule has 1 aromatic rings. The van der Waals surface area contributed by atoms with Gasteiger partial charge in [0, 0.05) is 19.1 Å². The topological polar surface area (TPSA) is 46.3 Å². The van der Waals surface area contributed by atoms with E-state index in [1.807, 2.05) is 17.0 Å². The Hall–Kier alpha value is -1.35. The minimum atomic E-state index is 0.260. The molecule has 0 radical (unpaired) electrons. The number of likely N-dealkylation sites (tertiary alicyclic amines) is 1. The molecule has 1 aliphatic heterocycles. The fourth-order valence-electron chi connectivity index (χ4n) is 3.59. The van der Waals surface area contributed by atoms with Crippen LogP contribution in [0.5, 0.6) is 0 Å². The minimum absolute atomic E-state index is 0.260. The predicted molar refractivity (Wildman–Crippen MR) is 75.7 cm³/mol. The molecule has 1 heterocycles. The first-order valence-corrected chi connectivity index (χ1v) is 7.23. The zero-order valence-corrected chi connectivity index (χ0v) is 11.5. The van der Waals surface area contributed by atoms with Crippen molar-refractivity contribution in [2.75, 3.05) is 13.1 Å². The number of carbonyl (C=O) groups is 1. The highest BCUT2D eigenvalue weighted by Gasteiger charge is 2.42. The summed E-state index contributed by atoms with van der Waals surface area (Å²) >= 11 is 0. The Morgan fingerprint density at radius 2 is 2.11 bits per heavy atom. The highest BCUT2D eigenvalue weighted by Crippen LogP contribution is 2.37. The first-order valence-electron chi connectivity index (χ1n) is 7.23. The van der Waals surface area contributed by atoms with Crippen molar-refractivity contribution in [3.05, 3.63) is 35.4 Å². The molecular formula is C16H22N2O. The minimum Gasteiger partial charge on any atom is -0.342 e. The Bertz CT molecular complexity index is 485. The molecule has 1 saturated carbocycles. The summed E-state index contributed by atoms with van der Waals surface area (Å²) in [6.07, 6.45) is 2.86. The monoisotopic (exact) mass is 258 g/mol. The molecule has 1 aromatic carbocycles.